The molecule has 0 bridgehead atoms. The van der Waals surface area contributed by atoms with Crippen LogP contribution in [0.5, 0.6) is 5.75 Å². The number of rotatable bonds is 2. The topological polar surface area (TPSA) is 9.23 Å². The summed E-state index contributed by atoms with van der Waals surface area (Å²) in [7, 11) is 1.76. The van der Waals surface area contributed by atoms with E-state index >= 15 is 0 Å². The minimum absolute atomic E-state index is 0.791. The average molecular weight is 218 g/mol. The zero-order valence-electron chi connectivity index (χ0n) is 10.8. The quantitative estimate of drug-likeness (QED) is 0.734. The third kappa shape index (κ3) is 1.95. The first kappa shape index (κ1) is 11.5. The minimum Gasteiger partial charge on any atom is -0.496 e. The highest BCUT2D eigenvalue weighted by Gasteiger charge is 2.23. The van der Waals surface area contributed by atoms with E-state index in [9.17, 15) is 0 Å². The molecular formula is C15H22O. The summed E-state index contributed by atoms with van der Waals surface area (Å²) in [6.45, 7) is 6.87. The van der Waals surface area contributed by atoms with Crippen molar-refractivity contribution < 1.29 is 4.74 Å². The highest BCUT2D eigenvalue weighted by molar-refractivity contribution is 5.45. The van der Waals surface area contributed by atoms with Crippen molar-refractivity contribution in [3.63, 3.8) is 0 Å². The summed E-state index contributed by atoms with van der Waals surface area (Å²) in [4.78, 5) is 0. The normalized spacial score (nSPS) is 19.7. The second-order valence-electron chi connectivity index (χ2n) is 5.28. The minimum atomic E-state index is 0.791. The van der Waals surface area contributed by atoms with Crippen molar-refractivity contribution in [3.05, 3.63) is 28.8 Å². The van der Waals surface area contributed by atoms with Crippen LogP contribution in [0.2, 0.25) is 0 Å². The van der Waals surface area contributed by atoms with Gasteiger partial charge in [-0.2, -0.15) is 0 Å². The first-order chi connectivity index (χ1) is 7.63. The maximum atomic E-state index is 5.41. The average Bonchev–Trinajstić information content (AvgIpc) is 2.29. The summed E-state index contributed by atoms with van der Waals surface area (Å²) in [5.74, 6) is 2.68. The highest BCUT2D eigenvalue weighted by Crippen LogP contribution is 2.35. The lowest BCUT2D eigenvalue weighted by Crippen LogP contribution is -2.20. The molecule has 0 aromatic heterocycles. The fraction of sp³-hybridized carbons (Fsp3) is 0.600. The molecule has 1 heteroatoms. The zero-order chi connectivity index (χ0) is 11.7. The number of fused-ring (bicyclic) bond motifs is 1. The first-order valence-corrected chi connectivity index (χ1v) is 6.28. The Morgan fingerprint density at radius 3 is 2.69 bits per heavy atom. The molecule has 1 nitrogen and oxygen atoms in total. The Hall–Kier alpha value is -0.980. The van der Waals surface area contributed by atoms with Crippen LogP contribution < -0.4 is 4.74 Å². The van der Waals surface area contributed by atoms with E-state index in [1.54, 1.807) is 12.7 Å². The third-order valence-corrected chi connectivity index (χ3v) is 4.06. The molecule has 1 aliphatic rings. The van der Waals surface area contributed by atoms with Crippen molar-refractivity contribution in [1.29, 1.82) is 0 Å². The van der Waals surface area contributed by atoms with Crippen LogP contribution in [-0.2, 0) is 12.8 Å². The van der Waals surface area contributed by atoms with Gasteiger partial charge in [-0.15, -0.1) is 0 Å². The lowest BCUT2D eigenvalue weighted by molar-refractivity contribution is 0.340. The number of hydrogen-bond acceptors (Lipinski definition) is 1. The summed E-state index contributed by atoms with van der Waals surface area (Å²) >= 11 is 0. The van der Waals surface area contributed by atoms with Crippen molar-refractivity contribution in [2.75, 3.05) is 7.11 Å². The molecule has 2 rings (SSSR count). The van der Waals surface area contributed by atoms with Gasteiger partial charge in [0.1, 0.15) is 5.75 Å². The summed E-state index contributed by atoms with van der Waals surface area (Å²) in [5, 5.41) is 0. The van der Waals surface area contributed by atoms with Gasteiger partial charge in [-0.1, -0.05) is 19.9 Å². The van der Waals surface area contributed by atoms with Crippen LogP contribution >= 0.6 is 0 Å². The van der Waals surface area contributed by atoms with Gasteiger partial charge < -0.3 is 4.74 Å². The van der Waals surface area contributed by atoms with Crippen molar-refractivity contribution in [1.82, 2.24) is 0 Å². The summed E-state index contributed by atoms with van der Waals surface area (Å²) in [5.41, 5.74) is 4.44. The molecule has 0 aliphatic heterocycles. The Kier molecular flexibility index (Phi) is 3.22. The maximum absolute atomic E-state index is 5.41. The van der Waals surface area contributed by atoms with Crippen molar-refractivity contribution >= 4 is 0 Å². The Morgan fingerprint density at radius 2 is 2.06 bits per heavy atom. The lowest BCUT2D eigenvalue weighted by Gasteiger charge is -2.29. The maximum Gasteiger partial charge on any atom is 0.122 e. The van der Waals surface area contributed by atoms with Gasteiger partial charge in [0.25, 0.3) is 0 Å². The molecular weight excluding hydrogens is 196 g/mol. The Bertz CT molecular complexity index is 379. The van der Waals surface area contributed by atoms with Crippen LogP contribution in [0.3, 0.4) is 0 Å². The molecule has 0 heterocycles. The predicted molar refractivity (Wildman–Crippen MR) is 68.1 cm³/mol. The number of benzene rings is 1. The van der Waals surface area contributed by atoms with Crippen LogP contribution in [0.15, 0.2) is 12.1 Å². The Balaban J connectivity index is 2.35. The number of methoxy groups -OCH3 is 1. The van der Waals surface area contributed by atoms with Gasteiger partial charge in [0, 0.05) is 0 Å². The van der Waals surface area contributed by atoms with Gasteiger partial charge in [0.05, 0.1) is 7.11 Å². The van der Waals surface area contributed by atoms with Crippen LogP contribution in [0.25, 0.3) is 0 Å². The van der Waals surface area contributed by atoms with E-state index in [2.05, 4.69) is 32.9 Å². The monoisotopic (exact) mass is 218 g/mol. The SMILES string of the molecule is COc1ccc2c(c1C)C[C@H](C(C)C)CC2. The van der Waals surface area contributed by atoms with E-state index in [-0.39, 0.29) is 0 Å². The highest BCUT2D eigenvalue weighted by atomic mass is 16.5. The molecule has 88 valence electrons. The summed E-state index contributed by atoms with van der Waals surface area (Å²) < 4.78 is 5.41. The molecule has 0 saturated heterocycles. The fourth-order valence-corrected chi connectivity index (χ4v) is 2.81. The van der Waals surface area contributed by atoms with E-state index in [1.807, 2.05) is 0 Å². The van der Waals surface area contributed by atoms with Crippen LogP contribution in [0, 0.1) is 18.8 Å². The van der Waals surface area contributed by atoms with Gasteiger partial charge in [-0.25, -0.2) is 0 Å². The van der Waals surface area contributed by atoms with Gasteiger partial charge in [-0.3, -0.25) is 0 Å². The predicted octanol–water partition coefficient (Wildman–Crippen LogP) is 3.76. The third-order valence-electron chi connectivity index (χ3n) is 4.06. The molecule has 1 aromatic rings. The van der Waals surface area contributed by atoms with Crippen molar-refractivity contribution in [2.24, 2.45) is 11.8 Å². The van der Waals surface area contributed by atoms with Gasteiger partial charge >= 0.3 is 0 Å². The summed E-state index contributed by atoms with van der Waals surface area (Å²) in [6.07, 6.45) is 3.81. The molecule has 0 amide bonds. The van der Waals surface area contributed by atoms with Crippen molar-refractivity contribution in [2.45, 2.75) is 40.0 Å². The van der Waals surface area contributed by atoms with Gasteiger partial charge in [0.2, 0.25) is 0 Å². The first-order valence-electron chi connectivity index (χ1n) is 6.28. The van der Waals surface area contributed by atoms with Gasteiger partial charge in [0.15, 0.2) is 0 Å². The Morgan fingerprint density at radius 1 is 1.31 bits per heavy atom. The molecule has 0 fully saturated rings. The van der Waals surface area contributed by atoms with Gasteiger partial charge in [-0.05, 0) is 60.8 Å². The smallest absolute Gasteiger partial charge is 0.122 e. The largest absolute Gasteiger partial charge is 0.496 e. The molecule has 0 spiro atoms. The van der Waals surface area contributed by atoms with Crippen LogP contribution in [-0.4, -0.2) is 7.11 Å². The molecule has 0 saturated carbocycles. The van der Waals surface area contributed by atoms with E-state index in [0.717, 1.165) is 17.6 Å². The van der Waals surface area contributed by atoms with Crippen LogP contribution in [0.1, 0.15) is 37.0 Å². The summed E-state index contributed by atoms with van der Waals surface area (Å²) in [6, 6.07) is 4.36. The number of hydrogen-bond donors (Lipinski definition) is 0. The Labute approximate surface area is 98.8 Å². The molecule has 1 aliphatic carbocycles. The lowest BCUT2D eigenvalue weighted by atomic mass is 9.77. The molecule has 0 unspecified atom stereocenters. The number of ether oxygens (including phenoxy) is 1. The van der Waals surface area contributed by atoms with Crippen LogP contribution in [0.4, 0.5) is 0 Å². The molecule has 1 aromatic carbocycles. The second kappa shape index (κ2) is 4.48. The molecule has 0 N–H and O–H groups in total. The molecule has 16 heavy (non-hydrogen) atoms. The second-order valence-corrected chi connectivity index (χ2v) is 5.28. The number of aryl methyl sites for hydroxylation is 1. The fourth-order valence-electron chi connectivity index (χ4n) is 2.81. The molecule has 0 radical (unpaired) electrons. The van der Waals surface area contributed by atoms with E-state index in [0.29, 0.717) is 0 Å². The molecule has 1 atom stereocenters. The van der Waals surface area contributed by atoms with E-state index < -0.39 is 0 Å². The van der Waals surface area contributed by atoms with E-state index in [1.165, 1.54) is 30.4 Å². The van der Waals surface area contributed by atoms with E-state index in [4.69, 9.17) is 4.74 Å². The van der Waals surface area contributed by atoms with Crippen molar-refractivity contribution in [3.8, 4) is 5.75 Å². The standard InChI is InChI=1S/C15H22O/c1-10(2)13-6-5-12-7-8-15(16-4)11(3)14(12)9-13/h7-8,10,13H,5-6,9H2,1-4H3/t13-/m1/s1. The zero-order valence-corrected chi connectivity index (χ0v) is 10.8.